The van der Waals surface area contributed by atoms with Crippen molar-refractivity contribution in [3.8, 4) is 11.4 Å². The maximum Gasteiger partial charge on any atom is 0.282 e. The van der Waals surface area contributed by atoms with Crippen molar-refractivity contribution in [2.75, 3.05) is 25.7 Å². The van der Waals surface area contributed by atoms with Crippen LogP contribution in [0.5, 0.6) is 5.75 Å². The number of hydrogen-bond donors (Lipinski definition) is 2. The number of aromatic nitrogens is 2. The number of benzene rings is 1. The minimum absolute atomic E-state index is 0.190. The number of fused-ring (bicyclic) bond motifs is 1. The predicted molar refractivity (Wildman–Crippen MR) is 113 cm³/mol. The summed E-state index contributed by atoms with van der Waals surface area (Å²) in [5.41, 5.74) is 7.14. The summed E-state index contributed by atoms with van der Waals surface area (Å²) < 4.78 is 17.9. The molecule has 29 heavy (non-hydrogen) atoms. The molecule has 9 heteroatoms. The summed E-state index contributed by atoms with van der Waals surface area (Å²) in [7, 11) is 0. The molecule has 3 aromatic rings. The number of nitrogens with zero attached hydrogens (tertiary/aromatic N) is 2. The van der Waals surface area contributed by atoms with E-state index >= 15 is 0 Å². The van der Waals surface area contributed by atoms with Crippen LogP contribution in [-0.2, 0) is 16.1 Å². The molecule has 8 nitrogen and oxygen atoms in total. The number of thiophene rings is 1. The van der Waals surface area contributed by atoms with Crippen molar-refractivity contribution in [2.45, 2.75) is 32.6 Å². The van der Waals surface area contributed by atoms with Crippen molar-refractivity contribution in [1.82, 2.24) is 15.1 Å². The minimum Gasteiger partial charge on any atom is -0.491 e. The Labute approximate surface area is 172 Å². The number of hydrogen-bond acceptors (Lipinski definition) is 8. The van der Waals surface area contributed by atoms with E-state index in [0.29, 0.717) is 41.1 Å². The largest absolute Gasteiger partial charge is 0.491 e. The number of nitrogen functional groups attached to an aromatic ring is 1. The molecular formula is C20H24N4O4S. The van der Waals surface area contributed by atoms with E-state index in [9.17, 15) is 4.79 Å². The molecule has 0 saturated carbocycles. The van der Waals surface area contributed by atoms with Gasteiger partial charge in [0.05, 0.1) is 41.7 Å². The molecule has 1 saturated heterocycles. The van der Waals surface area contributed by atoms with Gasteiger partial charge in [0.2, 0.25) is 0 Å². The third-order valence-corrected chi connectivity index (χ3v) is 5.32. The van der Waals surface area contributed by atoms with Gasteiger partial charge in [-0.1, -0.05) is 0 Å². The number of rotatable bonds is 9. The second-order valence-corrected chi connectivity index (χ2v) is 8.08. The van der Waals surface area contributed by atoms with Crippen LogP contribution in [0.3, 0.4) is 0 Å². The Bertz CT molecular complexity index is 1040. The summed E-state index contributed by atoms with van der Waals surface area (Å²) in [6.07, 6.45) is 0.190. The van der Waals surface area contributed by atoms with Crippen LogP contribution >= 0.6 is 11.3 Å². The lowest BCUT2D eigenvalue weighted by Crippen LogP contribution is -2.26. The Hall–Kier alpha value is -2.46. The summed E-state index contributed by atoms with van der Waals surface area (Å²) in [5, 5.41) is 11.3. The monoisotopic (exact) mass is 416 g/mol. The van der Waals surface area contributed by atoms with Crippen LogP contribution in [0.1, 0.15) is 19.5 Å². The number of ether oxygens (including phenoxy) is 3. The Kier molecular flexibility index (Phi) is 5.81. The van der Waals surface area contributed by atoms with Gasteiger partial charge in [-0.15, -0.1) is 11.3 Å². The molecule has 4 rings (SSSR count). The molecule has 3 heterocycles. The standard InChI is InChI=1S/C20H24N4O4S/c1-12(2)22-11-26-9-17-16-10-29-19(21)18(16)20(25)24(23-17)13-3-5-14(6-4-13)27-7-15-8-28-15/h3-6,10,12,15,22H,7-9,11,21H2,1-2H3. The van der Waals surface area contributed by atoms with E-state index in [1.165, 1.54) is 16.0 Å². The fraction of sp³-hybridized carbons (Fsp3) is 0.400. The molecule has 2 aromatic heterocycles. The summed E-state index contributed by atoms with van der Waals surface area (Å²) in [4.78, 5) is 13.0. The molecule has 1 aliphatic rings. The van der Waals surface area contributed by atoms with Gasteiger partial charge in [0.15, 0.2) is 0 Å². The summed E-state index contributed by atoms with van der Waals surface area (Å²) in [5.74, 6) is 0.719. The summed E-state index contributed by atoms with van der Waals surface area (Å²) in [6.45, 7) is 6.04. The summed E-state index contributed by atoms with van der Waals surface area (Å²) >= 11 is 1.33. The van der Waals surface area contributed by atoms with E-state index in [0.717, 1.165) is 17.7 Å². The fourth-order valence-corrected chi connectivity index (χ4v) is 3.64. The number of nitrogens with two attached hydrogens (primary N) is 1. The molecule has 154 valence electrons. The maximum atomic E-state index is 13.0. The topological polar surface area (TPSA) is 104 Å². The summed E-state index contributed by atoms with van der Waals surface area (Å²) in [6, 6.07) is 7.56. The van der Waals surface area contributed by atoms with Gasteiger partial charge < -0.3 is 19.9 Å². The Morgan fingerprint density at radius 2 is 2.14 bits per heavy atom. The first-order valence-corrected chi connectivity index (χ1v) is 10.4. The van der Waals surface area contributed by atoms with Crippen LogP contribution in [0.25, 0.3) is 16.5 Å². The molecule has 0 aliphatic carbocycles. The zero-order chi connectivity index (χ0) is 20.4. The SMILES string of the molecule is CC(C)NCOCc1nn(-c2ccc(OCC3CO3)cc2)c(=O)c2c(N)scc12. The lowest BCUT2D eigenvalue weighted by Gasteiger charge is -2.12. The average molecular weight is 417 g/mol. The smallest absolute Gasteiger partial charge is 0.282 e. The molecule has 1 aromatic carbocycles. The highest BCUT2D eigenvalue weighted by Gasteiger charge is 2.23. The van der Waals surface area contributed by atoms with Gasteiger partial charge in [-0.2, -0.15) is 9.78 Å². The first-order chi connectivity index (χ1) is 14.0. The van der Waals surface area contributed by atoms with Crippen molar-refractivity contribution in [2.24, 2.45) is 0 Å². The molecule has 1 unspecified atom stereocenters. The third-order valence-electron chi connectivity index (χ3n) is 4.51. The lowest BCUT2D eigenvalue weighted by molar-refractivity contribution is 0.0960. The van der Waals surface area contributed by atoms with Gasteiger partial charge in [0.25, 0.3) is 5.56 Å². The van der Waals surface area contributed by atoms with Gasteiger partial charge in [0, 0.05) is 16.8 Å². The van der Waals surface area contributed by atoms with Gasteiger partial charge in [-0.25, -0.2) is 0 Å². The van der Waals surface area contributed by atoms with Crippen LogP contribution < -0.4 is 21.3 Å². The minimum atomic E-state index is -0.247. The normalized spacial score (nSPS) is 15.9. The van der Waals surface area contributed by atoms with Crippen molar-refractivity contribution in [1.29, 1.82) is 0 Å². The maximum absolute atomic E-state index is 13.0. The molecule has 0 amide bonds. The number of anilines is 1. The van der Waals surface area contributed by atoms with Crippen LogP contribution in [0.4, 0.5) is 5.00 Å². The first-order valence-electron chi connectivity index (χ1n) is 9.47. The van der Waals surface area contributed by atoms with Gasteiger partial charge >= 0.3 is 0 Å². The highest BCUT2D eigenvalue weighted by atomic mass is 32.1. The predicted octanol–water partition coefficient (Wildman–Crippen LogP) is 2.28. The van der Waals surface area contributed by atoms with Gasteiger partial charge in [-0.3, -0.25) is 10.1 Å². The molecule has 1 aliphatic heterocycles. The second kappa shape index (κ2) is 8.50. The molecule has 1 atom stereocenters. The molecule has 0 spiro atoms. The quantitative estimate of drug-likeness (QED) is 0.313. The van der Waals surface area contributed by atoms with E-state index in [4.69, 9.17) is 19.9 Å². The third kappa shape index (κ3) is 4.59. The van der Waals surface area contributed by atoms with Crippen LogP contribution in [-0.4, -0.2) is 41.9 Å². The van der Waals surface area contributed by atoms with Crippen molar-refractivity contribution < 1.29 is 14.2 Å². The Morgan fingerprint density at radius 1 is 1.38 bits per heavy atom. The average Bonchev–Trinajstić information content (AvgIpc) is 3.46. The lowest BCUT2D eigenvalue weighted by atomic mass is 10.2. The molecule has 0 radical (unpaired) electrons. The number of epoxide rings is 1. The van der Waals surface area contributed by atoms with E-state index in [-0.39, 0.29) is 18.3 Å². The number of nitrogens with one attached hydrogen (secondary N) is 1. The first kappa shape index (κ1) is 19.8. The highest BCUT2D eigenvalue weighted by Crippen LogP contribution is 2.28. The fourth-order valence-electron chi connectivity index (χ4n) is 2.82. The zero-order valence-electron chi connectivity index (χ0n) is 16.4. The van der Waals surface area contributed by atoms with Crippen LogP contribution in [0.15, 0.2) is 34.4 Å². The molecule has 3 N–H and O–H groups in total. The Balaban J connectivity index is 1.61. The van der Waals surface area contributed by atoms with E-state index in [1.807, 2.05) is 31.4 Å². The van der Waals surface area contributed by atoms with Crippen molar-refractivity contribution in [3.63, 3.8) is 0 Å². The molecule has 0 bridgehead atoms. The van der Waals surface area contributed by atoms with Gasteiger partial charge in [0.1, 0.15) is 18.5 Å². The highest BCUT2D eigenvalue weighted by molar-refractivity contribution is 7.15. The van der Waals surface area contributed by atoms with Gasteiger partial charge in [-0.05, 0) is 38.1 Å². The van der Waals surface area contributed by atoms with Crippen LogP contribution in [0.2, 0.25) is 0 Å². The Morgan fingerprint density at radius 3 is 2.83 bits per heavy atom. The van der Waals surface area contributed by atoms with Crippen molar-refractivity contribution in [3.05, 3.63) is 45.7 Å². The molecule has 1 fully saturated rings. The second-order valence-electron chi connectivity index (χ2n) is 7.16. The molecular weight excluding hydrogens is 392 g/mol. The zero-order valence-corrected chi connectivity index (χ0v) is 17.2. The van der Waals surface area contributed by atoms with E-state index in [2.05, 4.69) is 10.4 Å². The van der Waals surface area contributed by atoms with E-state index in [1.54, 1.807) is 12.1 Å². The van der Waals surface area contributed by atoms with E-state index < -0.39 is 0 Å². The van der Waals surface area contributed by atoms with Crippen LogP contribution in [0, 0.1) is 0 Å². The van der Waals surface area contributed by atoms with Crippen molar-refractivity contribution >= 4 is 27.1 Å².